The van der Waals surface area contributed by atoms with Gasteiger partial charge in [0.2, 0.25) is 0 Å². The van der Waals surface area contributed by atoms with E-state index in [4.69, 9.17) is 28.9 Å². The minimum atomic E-state index is -0.780. The van der Waals surface area contributed by atoms with Crippen molar-refractivity contribution >= 4 is 34.8 Å². The lowest BCUT2D eigenvalue weighted by atomic mass is 10.0. The number of nitrogen functional groups attached to an aromatic ring is 1. The van der Waals surface area contributed by atoms with E-state index in [0.717, 1.165) is 25.7 Å². The number of carbonyl (C=O) groups excluding carboxylic acids is 1. The molecule has 0 aromatic heterocycles. The third-order valence-electron chi connectivity index (χ3n) is 3.43. The Labute approximate surface area is 121 Å². The lowest BCUT2D eigenvalue weighted by molar-refractivity contribution is 0.0449. The van der Waals surface area contributed by atoms with Gasteiger partial charge in [-0.15, -0.1) is 0 Å². The fourth-order valence-corrected chi connectivity index (χ4v) is 2.63. The Balaban J connectivity index is 2.04. The Morgan fingerprint density at radius 3 is 2.58 bits per heavy atom. The first kappa shape index (κ1) is 14.4. The van der Waals surface area contributed by atoms with Crippen molar-refractivity contribution in [1.29, 1.82) is 0 Å². The molecule has 1 aliphatic rings. The molecule has 0 unspecified atom stereocenters. The highest BCUT2D eigenvalue weighted by molar-refractivity contribution is 6.43. The van der Waals surface area contributed by atoms with Crippen molar-refractivity contribution in [2.45, 2.75) is 31.3 Å². The number of rotatable bonds is 3. The summed E-state index contributed by atoms with van der Waals surface area (Å²) in [5.74, 6) is -0.314. The molecule has 1 aliphatic carbocycles. The standard InChI is InChI=1S/C13H16Cl2N2O2/c14-9-5-8(6-10(16)11(9)15)12(18)17-7-13(19)3-1-2-4-13/h5-6,19H,1-4,7,16H2,(H,17,18). The number of hydrogen-bond acceptors (Lipinski definition) is 3. The van der Waals surface area contributed by atoms with Gasteiger partial charge in [0.25, 0.3) is 5.91 Å². The van der Waals surface area contributed by atoms with Crippen molar-refractivity contribution < 1.29 is 9.90 Å². The maximum absolute atomic E-state index is 12.0. The van der Waals surface area contributed by atoms with Gasteiger partial charge in [-0.25, -0.2) is 0 Å². The highest BCUT2D eigenvalue weighted by atomic mass is 35.5. The second-order valence-electron chi connectivity index (χ2n) is 4.98. The summed E-state index contributed by atoms with van der Waals surface area (Å²) in [5.41, 5.74) is 5.48. The highest BCUT2D eigenvalue weighted by Crippen LogP contribution is 2.30. The van der Waals surface area contributed by atoms with Crippen LogP contribution in [0.15, 0.2) is 12.1 Å². The maximum atomic E-state index is 12.0. The quantitative estimate of drug-likeness (QED) is 0.751. The molecule has 0 aliphatic heterocycles. The first-order valence-corrected chi connectivity index (χ1v) is 6.92. The normalized spacial score (nSPS) is 17.4. The first-order valence-electron chi connectivity index (χ1n) is 6.16. The minimum Gasteiger partial charge on any atom is -0.397 e. The first-order chi connectivity index (χ1) is 8.91. The Morgan fingerprint density at radius 2 is 2.00 bits per heavy atom. The fraction of sp³-hybridized carbons (Fsp3) is 0.462. The zero-order valence-corrected chi connectivity index (χ0v) is 11.9. The Morgan fingerprint density at radius 1 is 1.37 bits per heavy atom. The monoisotopic (exact) mass is 302 g/mol. The SMILES string of the molecule is Nc1cc(C(=O)NCC2(O)CCCC2)cc(Cl)c1Cl. The van der Waals surface area contributed by atoms with Crippen LogP contribution in [-0.4, -0.2) is 23.2 Å². The van der Waals surface area contributed by atoms with Crippen LogP contribution in [0.5, 0.6) is 0 Å². The highest BCUT2D eigenvalue weighted by Gasteiger charge is 2.31. The number of halogens is 2. The van der Waals surface area contributed by atoms with Gasteiger partial charge in [-0.2, -0.15) is 0 Å². The molecular formula is C13H16Cl2N2O2. The molecule has 1 aromatic carbocycles. The van der Waals surface area contributed by atoms with Gasteiger partial charge >= 0.3 is 0 Å². The van der Waals surface area contributed by atoms with Crippen molar-refractivity contribution in [2.75, 3.05) is 12.3 Å². The number of hydrogen-bond donors (Lipinski definition) is 3. The van der Waals surface area contributed by atoms with E-state index in [0.29, 0.717) is 5.56 Å². The van der Waals surface area contributed by atoms with Crippen molar-refractivity contribution in [3.05, 3.63) is 27.7 Å². The molecule has 0 saturated heterocycles. The molecule has 104 valence electrons. The van der Waals surface area contributed by atoms with Crippen LogP contribution in [-0.2, 0) is 0 Å². The van der Waals surface area contributed by atoms with Crippen molar-refractivity contribution in [2.24, 2.45) is 0 Å². The Bertz CT molecular complexity index is 476. The van der Waals surface area contributed by atoms with Crippen LogP contribution in [0.1, 0.15) is 36.0 Å². The summed E-state index contributed by atoms with van der Waals surface area (Å²) >= 11 is 11.7. The van der Waals surface area contributed by atoms with E-state index in [9.17, 15) is 9.90 Å². The topological polar surface area (TPSA) is 75.4 Å². The summed E-state index contributed by atoms with van der Waals surface area (Å²) in [4.78, 5) is 12.0. The number of anilines is 1. The Hall–Kier alpha value is -0.970. The molecule has 1 saturated carbocycles. The predicted molar refractivity (Wildman–Crippen MR) is 76.6 cm³/mol. The summed E-state index contributed by atoms with van der Waals surface area (Å²) in [6, 6.07) is 2.94. The van der Waals surface area contributed by atoms with Crippen LogP contribution in [0.4, 0.5) is 5.69 Å². The fourth-order valence-electron chi connectivity index (χ4n) is 2.30. The van der Waals surface area contributed by atoms with Gasteiger partial charge < -0.3 is 16.2 Å². The maximum Gasteiger partial charge on any atom is 0.251 e. The summed E-state index contributed by atoms with van der Waals surface area (Å²) < 4.78 is 0. The van der Waals surface area contributed by atoms with Crippen molar-refractivity contribution in [1.82, 2.24) is 5.32 Å². The second-order valence-corrected chi connectivity index (χ2v) is 5.76. The molecule has 4 N–H and O–H groups in total. The molecule has 1 aromatic rings. The molecule has 1 fully saturated rings. The minimum absolute atomic E-state index is 0.242. The van der Waals surface area contributed by atoms with Crippen LogP contribution in [0.3, 0.4) is 0 Å². The number of benzene rings is 1. The van der Waals surface area contributed by atoms with E-state index in [2.05, 4.69) is 5.32 Å². The van der Waals surface area contributed by atoms with Crippen LogP contribution in [0, 0.1) is 0 Å². The summed E-state index contributed by atoms with van der Waals surface area (Å²) in [6.45, 7) is 0.242. The Kier molecular flexibility index (Phi) is 4.23. The molecule has 0 radical (unpaired) electrons. The van der Waals surface area contributed by atoms with Gasteiger partial charge in [-0.1, -0.05) is 36.0 Å². The zero-order chi connectivity index (χ0) is 14.0. The molecule has 0 spiro atoms. The van der Waals surface area contributed by atoms with E-state index in [1.54, 1.807) is 0 Å². The molecule has 0 atom stereocenters. The molecular weight excluding hydrogens is 287 g/mol. The van der Waals surface area contributed by atoms with E-state index in [1.807, 2.05) is 0 Å². The molecule has 2 rings (SSSR count). The lowest BCUT2D eigenvalue weighted by Gasteiger charge is -2.22. The van der Waals surface area contributed by atoms with Crippen LogP contribution in [0.25, 0.3) is 0 Å². The number of carbonyl (C=O) groups is 1. The van der Waals surface area contributed by atoms with Crippen LogP contribution < -0.4 is 11.1 Å². The van der Waals surface area contributed by atoms with Gasteiger partial charge in [0, 0.05) is 12.1 Å². The summed E-state index contributed by atoms with van der Waals surface area (Å²) in [7, 11) is 0. The lowest BCUT2D eigenvalue weighted by Crippen LogP contribution is -2.40. The number of aliphatic hydroxyl groups is 1. The largest absolute Gasteiger partial charge is 0.397 e. The summed E-state index contributed by atoms with van der Waals surface area (Å²) in [6.07, 6.45) is 3.42. The second kappa shape index (κ2) is 5.57. The third kappa shape index (κ3) is 3.32. The molecule has 19 heavy (non-hydrogen) atoms. The van der Waals surface area contributed by atoms with E-state index < -0.39 is 5.60 Å². The van der Waals surface area contributed by atoms with Gasteiger partial charge in [0.1, 0.15) is 0 Å². The van der Waals surface area contributed by atoms with Gasteiger partial charge in [-0.05, 0) is 25.0 Å². The molecule has 6 heteroatoms. The molecule has 1 amide bonds. The molecule has 0 heterocycles. The third-order valence-corrected chi connectivity index (χ3v) is 4.25. The van der Waals surface area contributed by atoms with E-state index >= 15 is 0 Å². The number of nitrogens with two attached hydrogens (primary N) is 1. The van der Waals surface area contributed by atoms with Crippen LogP contribution in [0.2, 0.25) is 10.0 Å². The zero-order valence-electron chi connectivity index (χ0n) is 10.4. The number of amides is 1. The molecule has 4 nitrogen and oxygen atoms in total. The smallest absolute Gasteiger partial charge is 0.251 e. The van der Waals surface area contributed by atoms with Crippen molar-refractivity contribution in [3.63, 3.8) is 0 Å². The predicted octanol–water partition coefficient (Wildman–Crippen LogP) is 2.61. The average molecular weight is 303 g/mol. The van der Waals surface area contributed by atoms with E-state index in [-0.39, 0.29) is 28.2 Å². The van der Waals surface area contributed by atoms with E-state index in [1.165, 1.54) is 12.1 Å². The van der Waals surface area contributed by atoms with Crippen molar-refractivity contribution in [3.8, 4) is 0 Å². The number of nitrogens with one attached hydrogen (secondary N) is 1. The van der Waals surface area contributed by atoms with Gasteiger partial charge in [0.05, 0.1) is 21.3 Å². The molecule has 0 bridgehead atoms. The average Bonchev–Trinajstić information content (AvgIpc) is 2.80. The van der Waals surface area contributed by atoms with Gasteiger partial charge in [-0.3, -0.25) is 4.79 Å². The van der Waals surface area contributed by atoms with Gasteiger partial charge in [0.15, 0.2) is 0 Å². The van der Waals surface area contributed by atoms with Crippen LogP contribution >= 0.6 is 23.2 Å². The summed E-state index contributed by atoms with van der Waals surface area (Å²) in [5, 5.41) is 13.3.